The second kappa shape index (κ2) is 10.4. The van der Waals surface area contributed by atoms with Crippen molar-refractivity contribution in [1.29, 1.82) is 0 Å². The molecule has 1 aromatic rings. The summed E-state index contributed by atoms with van der Waals surface area (Å²) in [6.45, 7) is 2.63. The first-order valence-corrected chi connectivity index (χ1v) is 13.6. The highest BCUT2D eigenvalue weighted by atomic mass is 32.2. The lowest BCUT2D eigenvalue weighted by Gasteiger charge is -2.43. The summed E-state index contributed by atoms with van der Waals surface area (Å²) in [6, 6.07) is 5.04. The van der Waals surface area contributed by atoms with Gasteiger partial charge >= 0.3 is 6.18 Å². The van der Waals surface area contributed by atoms with E-state index < -0.39 is 40.3 Å². The minimum absolute atomic E-state index is 0.142. The van der Waals surface area contributed by atoms with Crippen molar-refractivity contribution >= 4 is 10.0 Å². The van der Waals surface area contributed by atoms with Crippen LogP contribution in [0, 0.1) is 5.92 Å². The van der Waals surface area contributed by atoms with Crippen LogP contribution >= 0.6 is 0 Å². The van der Waals surface area contributed by atoms with E-state index in [0.717, 1.165) is 43.4 Å². The van der Waals surface area contributed by atoms with Gasteiger partial charge in [0.05, 0.1) is 24.2 Å². The van der Waals surface area contributed by atoms with Crippen LogP contribution in [-0.4, -0.2) is 75.2 Å². The lowest BCUT2D eigenvalue weighted by Crippen LogP contribution is -2.68. The monoisotopic (exact) mass is 507 g/mol. The van der Waals surface area contributed by atoms with Crippen LogP contribution in [0.5, 0.6) is 0 Å². The summed E-state index contributed by atoms with van der Waals surface area (Å²) in [5.41, 5.74) is 0.0796. The first-order valence-electron chi connectivity index (χ1n) is 11.8. The van der Waals surface area contributed by atoms with Gasteiger partial charge in [-0.1, -0.05) is 12.1 Å². The summed E-state index contributed by atoms with van der Waals surface area (Å²) >= 11 is 0. The molecule has 3 saturated heterocycles. The second-order valence-corrected chi connectivity index (χ2v) is 11.5. The van der Waals surface area contributed by atoms with Crippen LogP contribution < -0.4 is 16.0 Å². The van der Waals surface area contributed by atoms with Crippen molar-refractivity contribution in [3.8, 4) is 0 Å². The van der Waals surface area contributed by atoms with Crippen LogP contribution in [0.2, 0.25) is 0 Å². The molecule has 0 bridgehead atoms. The predicted octanol–water partition coefficient (Wildman–Crippen LogP) is 2.24. The summed E-state index contributed by atoms with van der Waals surface area (Å²) in [6.07, 6.45) is -2.47. The molecule has 0 aromatic heterocycles. The molecule has 3 fully saturated rings. The Morgan fingerprint density at radius 3 is 2.35 bits per heavy atom. The van der Waals surface area contributed by atoms with Crippen LogP contribution in [0.25, 0.3) is 0 Å². The summed E-state index contributed by atoms with van der Waals surface area (Å²) in [5.74, 6) is 0.270. The molecule has 0 radical (unpaired) electrons. The van der Waals surface area contributed by atoms with E-state index in [9.17, 15) is 21.6 Å². The maximum Gasteiger partial charge on any atom is 0.416 e. The molecule has 0 aliphatic carbocycles. The molecular weight excluding hydrogens is 474 g/mol. The van der Waals surface area contributed by atoms with Gasteiger partial charge in [-0.3, -0.25) is 20.9 Å². The number of nitrogens with zero attached hydrogens (tertiary/aromatic N) is 2. The third kappa shape index (κ3) is 5.90. The highest BCUT2D eigenvalue weighted by Crippen LogP contribution is 2.37. The quantitative estimate of drug-likeness (QED) is 0.513. The van der Waals surface area contributed by atoms with Crippen molar-refractivity contribution in [2.75, 3.05) is 39.1 Å². The van der Waals surface area contributed by atoms with Crippen molar-refractivity contribution in [3.05, 3.63) is 35.4 Å². The van der Waals surface area contributed by atoms with Gasteiger partial charge in [0.1, 0.15) is 0 Å². The average molecular weight is 508 g/mol. The normalized spacial score (nSPS) is 30.6. The zero-order valence-corrected chi connectivity index (χ0v) is 20.0. The zero-order valence-electron chi connectivity index (χ0n) is 19.2. The van der Waals surface area contributed by atoms with Crippen molar-refractivity contribution < 1.29 is 26.0 Å². The summed E-state index contributed by atoms with van der Waals surface area (Å²) in [7, 11) is -3.18. The van der Waals surface area contributed by atoms with E-state index in [2.05, 4.69) is 16.0 Å². The van der Waals surface area contributed by atoms with E-state index in [1.165, 1.54) is 22.7 Å². The number of halogens is 4. The highest BCUT2D eigenvalue weighted by molar-refractivity contribution is 7.88. The SMILES string of the molecule is CS(=O)(=O)N1CCC(CNC2NCNC(N3CCC[C@@H]3c3ccc(C(F)(F)F)cc3)C2F)CC1. The number of rotatable bonds is 6. The first-order chi connectivity index (χ1) is 16.0. The molecule has 34 heavy (non-hydrogen) atoms. The van der Waals surface area contributed by atoms with Crippen molar-refractivity contribution in [2.45, 2.75) is 56.4 Å². The minimum Gasteiger partial charge on any atom is -0.299 e. The van der Waals surface area contributed by atoms with Crippen LogP contribution in [0.3, 0.4) is 0 Å². The lowest BCUT2D eigenvalue weighted by molar-refractivity contribution is -0.137. The molecule has 3 N–H and O–H groups in total. The Morgan fingerprint density at radius 2 is 1.74 bits per heavy atom. The number of nitrogens with one attached hydrogen (secondary N) is 3. The van der Waals surface area contributed by atoms with Gasteiger partial charge in [0.15, 0.2) is 6.17 Å². The fourth-order valence-electron chi connectivity index (χ4n) is 5.28. The fraction of sp³-hybridized carbons (Fsp3) is 0.727. The third-order valence-electron chi connectivity index (χ3n) is 7.20. The number of sulfonamides is 1. The van der Waals surface area contributed by atoms with E-state index in [1.807, 2.05) is 4.90 Å². The molecule has 0 spiro atoms. The minimum atomic E-state index is -4.38. The van der Waals surface area contributed by atoms with Gasteiger partial charge in [-0.15, -0.1) is 0 Å². The van der Waals surface area contributed by atoms with Crippen LogP contribution in [0.15, 0.2) is 24.3 Å². The summed E-state index contributed by atoms with van der Waals surface area (Å²) in [5, 5.41) is 9.58. The molecule has 3 unspecified atom stereocenters. The Kier molecular flexibility index (Phi) is 7.85. The Balaban J connectivity index is 1.34. The van der Waals surface area contributed by atoms with Crippen molar-refractivity contribution in [1.82, 2.24) is 25.2 Å². The van der Waals surface area contributed by atoms with Crippen LogP contribution in [-0.2, 0) is 16.2 Å². The van der Waals surface area contributed by atoms with Crippen LogP contribution in [0.4, 0.5) is 17.6 Å². The van der Waals surface area contributed by atoms with Crippen LogP contribution in [0.1, 0.15) is 42.9 Å². The molecule has 1 aromatic carbocycles. The molecule has 192 valence electrons. The molecule has 3 aliphatic heterocycles. The molecule has 4 rings (SSSR count). The number of hydrogen-bond donors (Lipinski definition) is 3. The molecular formula is C22H33F4N5O2S. The molecule has 3 aliphatic rings. The van der Waals surface area contributed by atoms with Crippen molar-refractivity contribution in [3.63, 3.8) is 0 Å². The number of benzene rings is 1. The highest BCUT2D eigenvalue weighted by Gasteiger charge is 2.42. The Hall–Kier alpha value is -1.31. The molecule has 0 amide bonds. The van der Waals surface area contributed by atoms with E-state index in [0.29, 0.717) is 32.8 Å². The average Bonchev–Trinajstić information content (AvgIpc) is 3.27. The number of piperidine rings is 1. The van der Waals surface area contributed by atoms with Gasteiger partial charge in [-0.05, 0) is 55.8 Å². The summed E-state index contributed by atoms with van der Waals surface area (Å²) < 4.78 is 79.2. The van der Waals surface area contributed by atoms with E-state index >= 15 is 4.39 Å². The Labute approximate surface area is 198 Å². The molecule has 3 heterocycles. The Morgan fingerprint density at radius 1 is 1.06 bits per heavy atom. The van der Waals surface area contributed by atoms with Gasteiger partial charge in [0.2, 0.25) is 10.0 Å². The molecule has 7 nitrogen and oxygen atoms in total. The van der Waals surface area contributed by atoms with E-state index in [-0.39, 0.29) is 12.0 Å². The smallest absolute Gasteiger partial charge is 0.299 e. The maximum atomic E-state index is 15.6. The largest absolute Gasteiger partial charge is 0.416 e. The topological polar surface area (TPSA) is 76.7 Å². The molecule has 0 saturated carbocycles. The Bertz CT molecular complexity index is 922. The van der Waals surface area contributed by atoms with E-state index in [1.54, 1.807) is 0 Å². The first kappa shape index (κ1) is 25.8. The molecule has 12 heteroatoms. The van der Waals surface area contributed by atoms with Gasteiger partial charge in [0, 0.05) is 32.3 Å². The van der Waals surface area contributed by atoms with Gasteiger partial charge in [-0.25, -0.2) is 17.1 Å². The number of alkyl halides is 4. The fourth-order valence-corrected chi connectivity index (χ4v) is 6.15. The van der Waals surface area contributed by atoms with Gasteiger partial charge in [-0.2, -0.15) is 13.2 Å². The lowest BCUT2D eigenvalue weighted by atomic mass is 9.97. The number of likely N-dealkylation sites (tertiary alicyclic amines) is 1. The van der Waals surface area contributed by atoms with Gasteiger partial charge < -0.3 is 0 Å². The molecule has 4 atom stereocenters. The summed E-state index contributed by atoms with van der Waals surface area (Å²) in [4.78, 5) is 2.02. The third-order valence-corrected chi connectivity index (χ3v) is 8.50. The second-order valence-electron chi connectivity index (χ2n) is 9.48. The predicted molar refractivity (Wildman–Crippen MR) is 121 cm³/mol. The standard InChI is InChI=1S/C22H33F4N5O2S/c1-34(32,33)30-11-8-15(9-12-30)13-27-20-19(23)21(29-14-28-20)31-10-2-3-18(31)16-4-6-17(7-5-16)22(24,25)26/h4-7,15,18-21,27-29H,2-3,8-14H2,1H3/t18-,19?,20?,21?/m1/s1. The van der Waals surface area contributed by atoms with Crippen molar-refractivity contribution in [2.24, 2.45) is 5.92 Å². The van der Waals surface area contributed by atoms with Gasteiger partial charge in [0.25, 0.3) is 0 Å². The number of hydrogen-bond acceptors (Lipinski definition) is 6. The maximum absolute atomic E-state index is 15.6. The van der Waals surface area contributed by atoms with E-state index in [4.69, 9.17) is 0 Å². The zero-order chi connectivity index (χ0) is 24.5.